The van der Waals surface area contributed by atoms with Gasteiger partial charge in [0.05, 0.1) is 4.90 Å². The fourth-order valence-electron chi connectivity index (χ4n) is 3.38. The van der Waals surface area contributed by atoms with E-state index in [4.69, 9.17) is 0 Å². The van der Waals surface area contributed by atoms with Gasteiger partial charge in [-0.1, -0.05) is 31.0 Å². The van der Waals surface area contributed by atoms with E-state index >= 15 is 0 Å². The third-order valence-corrected chi connectivity index (χ3v) is 6.73. The van der Waals surface area contributed by atoms with Gasteiger partial charge in [0.2, 0.25) is 5.91 Å². The van der Waals surface area contributed by atoms with Crippen molar-refractivity contribution < 1.29 is 18.0 Å². The summed E-state index contributed by atoms with van der Waals surface area (Å²) in [4.78, 5) is 25.2. The highest BCUT2D eigenvalue weighted by atomic mass is 32.2. The minimum Gasteiger partial charge on any atom is -0.298 e. The molecule has 1 aliphatic heterocycles. The maximum atomic E-state index is 12.7. The lowest BCUT2D eigenvalue weighted by Crippen LogP contribution is -2.39. The van der Waals surface area contributed by atoms with Gasteiger partial charge in [0.15, 0.2) is 0 Å². The Morgan fingerprint density at radius 1 is 1.30 bits per heavy atom. The first kappa shape index (κ1) is 16.2. The molecule has 0 radical (unpaired) electrons. The van der Waals surface area contributed by atoms with Crippen LogP contribution < -0.4 is 0 Å². The summed E-state index contributed by atoms with van der Waals surface area (Å²) in [7, 11) is -3.87. The zero-order chi connectivity index (χ0) is 16.8. The molecule has 1 saturated heterocycles. The van der Waals surface area contributed by atoms with E-state index in [1.165, 1.54) is 12.1 Å². The predicted octanol–water partition coefficient (Wildman–Crippen LogP) is 2.29. The number of rotatable bonds is 6. The zero-order valence-corrected chi connectivity index (χ0v) is 14.2. The molecule has 1 heterocycles. The number of unbranched alkanes of at least 4 members (excludes halogenated alkanes) is 1. The lowest BCUT2D eigenvalue weighted by atomic mass is 9.95. The second-order valence-electron chi connectivity index (χ2n) is 6.55. The lowest BCUT2D eigenvalue weighted by molar-refractivity contribution is -0.137. The fraction of sp³-hybridized carbons (Fsp3) is 0.529. The number of benzene rings is 1. The van der Waals surface area contributed by atoms with Gasteiger partial charge in [0.25, 0.3) is 10.0 Å². The molecule has 0 aromatic heterocycles. The van der Waals surface area contributed by atoms with Crippen molar-refractivity contribution in [3.63, 3.8) is 0 Å². The monoisotopic (exact) mass is 335 g/mol. The lowest BCUT2D eigenvalue weighted by Gasteiger charge is -2.20. The van der Waals surface area contributed by atoms with Gasteiger partial charge < -0.3 is 0 Å². The Kier molecular flexibility index (Phi) is 3.83. The number of hydrogen-bond donors (Lipinski definition) is 0. The normalized spacial score (nSPS) is 26.3. The highest BCUT2D eigenvalue weighted by Crippen LogP contribution is 2.60. The maximum Gasteiger partial charge on any atom is 0.266 e. The Hall–Kier alpha value is -1.69. The summed E-state index contributed by atoms with van der Waals surface area (Å²) in [6, 6.07) is 6.42. The van der Waals surface area contributed by atoms with Crippen LogP contribution in [0.4, 0.5) is 0 Å². The molecule has 5 nitrogen and oxygen atoms in total. The summed E-state index contributed by atoms with van der Waals surface area (Å²) >= 11 is 0. The molecule has 2 unspecified atom stereocenters. The van der Waals surface area contributed by atoms with Crippen LogP contribution >= 0.6 is 0 Å². The van der Waals surface area contributed by atoms with E-state index in [1.807, 2.05) is 13.8 Å². The Balaban J connectivity index is 1.85. The molecule has 2 fully saturated rings. The van der Waals surface area contributed by atoms with Gasteiger partial charge in [-0.15, -0.1) is 0 Å². The molecular formula is C17H21NO4S. The van der Waals surface area contributed by atoms with Gasteiger partial charge in [-0.05, 0) is 31.9 Å². The number of fused-ring (bicyclic) bond motifs is 1. The zero-order valence-electron chi connectivity index (χ0n) is 13.4. The number of Topliss-reactive ketones (excluding diaryl/α,β-unsaturated/α-hetero) is 1. The number of nitrogens with zero attached hydrogens (tertiary/aromatic N) is 1. The van der Waals surface area contributed by atoms with Crippen molar-refractivity contribution in [3.05, 3.63) is 29.8 Å². The molecule has 2 atom stereocenters. The van der Waals surface area contributed by atoms with Crippen molar-refractivity contribution in [2.24, 2.45) is 11.3 Å². The quantitative estimate of drug-likeness (QED) is 0.748. The van der Waals surface area contributed by atoms with Crippen LogP contribution in [0.3, 0.4) is 0 Å². The van der Waals surface area contributed by atoms with Crippen LogP contribution in [0.15, 0.2) is 29.2 Å². The SMILES string of the molecule is CCCCC(=O)C12CC1CN(S(=O)(=O)c1ccc(C)cc1)C2=O. The number of hydrogen-bond acceptors (Lipinski definition) is 4. The van der Waals surface area contributed by atoms with Crippen LogP contribution in [-0.2, 0) is 19.6 Å². The molecule has 124 valence electrons. The Bertz CT molecular complexity index is 753. The molecule has 0 bridgehead atoms. The topological polar surface area (TPSA) is 71.5 Å². The number of sulfonamides is 1. The molecule has 1 aromatic rings. The van der Waals surface area contributed by atoms with Gasteiger partial charge in [0, 0.05) is 18.9 Å². The van der Waals surface area contributed by atoms with E-state index in [9.17, 15) is 18.0 Å². The Morgan fingerprint density at radius 3 is 2.57 bits per heavy atom. The van der Waals surface area contributed by atoms with Crippen molar-refractivity contribution in [2.75, 3.05) is 6.54 Å². The number of amides is 1. The number of piperidine rings is 1. The highest BCUT2D eigenvalue weighted by Gasteiger charge is 2.72. The average molecular weight is 335 g/mol. The number of aryl methyl sites for hydroxylation is 1. The van der Waals surface area contributed by atoms with E-state index in [0.29, 0.717) is 12.8 Å². The van der Waals surface area contributed by atoms with Crippen molar-refractivity contribution in [2.45, 2.75) is 44.4 Å². The largest absolute Gasteiger partial charge is 0.298 e. The average Bonchev–Trinajstić information content (AvgIpc) is 3.18. The molecule has 6 heteroatoms. The number of carbonyl (C=O) groups excluding carboxylic acids is 2. The van der Waals surface area contributed by atoms with E-state index in [1.54, 1.807) is 12.1 Å². The van der Waals surface area contributed by atoms with Gasteiger partial charge in [0.1, 0.15) is 11.2 Å². The number of ketones is 1. The van der Waals surface area contributed by atoms with Crippen LogP contribution in [0.2, 0.25) is 0 Å². The van der Waals surface area contributed by atoms with Crippen LogP contribution in [0, 0.1) is 18.3 Å². The summed E-state index contributed by atoms with van der Waals surface area (Å²) in [5.41, 5.74) is -0.0989. The molecule has 23 heavy (non-hydrogen) atoms. The van der Waals surface area contributed by atoms with E-state index in [2.05, 4.69) is 0 Å². The van der Waals surface area contributed by atoms with Gasteiger partial charge in [-0.3, -0.25) is 9.59 Å². The smallest absolute Gasteiger partial charge is 0.266 e. The summed E-state index contributed by atoms with van der Waals surface area (Å²) in [5.74, 6) is -0.750. The standard InChI is InChI=1S/C17H21NO4S/c1-3-4-5-15(19)17-10-13(17)11-18(16(17)20)23(21,22)14-8-6-12(2)7-9-14/h6-9,13H,3-5,10-11H2,1-2H3. The first-order chi connectivity index (χ1) is 10.8. The van der Waals surface area contributed by atoms with E-state index < -0.39 is 21.3 Å². The van der Waals surface area contributed by atoms with Crippen molar-refractivity contribution in [1.29, 1.82) is 0 Å². The molecule has 1 saturated carbocycles. The molecule has 1 amide bonds. The van der Waals surface area contributed by atoms with Crippen LogP contribution in [0.25, 0.3) is 0 Å². The van der Waals surface area contributed by atoms with Gasteiger partial charge >= 0.3 is 0 Å². The molecule has 1 aromatic carbocycles. The van der Waals surface area contributed by atoms with Crippen molar-refractivity contribution in [1.82, 2.24) is 4.31 Å². The van der Waals surface area contributed by atoms with Gasteiger partial charge in [-0.25, -0.2) is 12.7 Å². The molecule has 1 aliphatic carbocycles. The third-order valence-electron chi connectivity index (χ3n) is 4.96. The van der Waals surface area contributed by atoms with E-state index in [0.717, 1.165) is 22.7 Å². The molecule has 0 spiro atoms. The Labute approximate surface area is 136 Å². The third kappa shape index (κ3) is 2.40. The Morgan fingerprint density at radius 2 is 1.96 bits per heavy atom. The summed E-state index contributed by atoms with van der Waals surface area (Å²) < 4.78 is 26.3. The molecule has 3 rings (SSSR count). The molecule has 0 N–H and O–H groups in total. The van der Waals surface area contributed by atoms with Crippen LogP contribution in [0.5, 0.6) is 0 Å². The second kappa shape index (κ2) is 5.44. The van der Waals surface area contributed by atoms with Crippen LogP contribution in [0.1, 0.15) is 38.2 Å². The van der Waals surface area contributed by atoms with Crippen molar-refractivity contribution in [3.8, 4) is 0 Å². The first-order valence-electron chi connectivity index (χ1n) is 8.01. The minimum absolute atomic E-state index is 0.0871. The van der Waals surface area contributed by atoms with E-state index in [-0.39, 0.29) is 23.1 Å². The highest BCUT2D eigenvalue weighted by molar-refractivity contribution is 7.89. The van der Waals surface area contributed by atoms with Gasteiger partial charge in [-0.2, -0.15) is 0 Å². The molecular weight excluding hydrogens is 314 g/mol. The van der Waals surface area contributed by atoms with Crippen LogP contribution in [-0.4, -0.2) is 31.0 Å². The number of carbonyl (C=O) groups is 2. The molecule has 2 aliphatic rings. The predicted molar refractivity (Wildman–Crippen MR) is 85.1 cm³/mol. The summed E-state index contributed by atoms with van der Waals surface area (Å²) in [6.07, 6.45) is 2.49. The minimum atomic E-state index is -3.87. The summed E-state index contributed by atoms with van der Waals surface area (Å²) in [6.45, 7) is 3.99. The van der Waals surface area contributed by atoms with Crippen molar-refractivity contribution >= 4 is 21.7 Å². The summed E-state index contributed by atoms with van der Waals surface area (Å²) in [5, 5.41) is 0. The fourth-order valence-corrected chi connectivity index (χ4v) is 4.88. The second-order valence-corrected chi connectivity index (χ2v) is 8.42. The first-order valence-corrected chi connectivity index (χ1v) is 9.45. The maximum absolute atomic E-state index is 12.7.